The molecule has 7 nitrogen and oxygen atoms in total. The number of halogens is 1. The maximum Gasteiger partial charge on any atom is 0.241 e. The molecule has 8 heteroatoms. The lowest BCUT2D eigenvalue weighted by Gasteiger charge is -2.36. The molecule has 1 aromatic heterocycles. The number of aliphatic hydroxyl groups is 1. The SMILES string of the molecule is CN1CCN(c2cc(N3CCC(C(O)c4ccc(Cl)cc4)CC3)ncn2)CC1=O. The van der Waals surface area contributed by atoms with Crippen molar-refractivity contribution in [1.82, 2.24) is 14.9 Å². The predicted octanol–water partition coefficient (Wildman–Crippen LogP) is 2.36. The summed E-state index contributed by atoms with van der Waals surface area (Å²) in [6.07, 6.45) is 2.86. The van der Waals surface area contributed by atoms with Crippen molar-refractivity contribution in [2.75, 3.05) is 49.6 Å². The summed E-state index contributed by atoms with van der Waals surface area (Å²) in [5.41, 5.74) is 0.914. The standard InChI is InChI=1S/C21H26ClN5O2/c1-25-10-11-27(13-20(25)28)19-12-18(23-14-24-19)26-8-6-16(7-9-26)21(29)15-2-4-17(22)5-3-15/h2-5,12,14,16,21,29H,6-11,13H2,1H3. The van der Waals surface area contributed by atoms with Crippen LogP contribution in [0.2, 0.25) is 5.02 Å². The highest BCUT2D eigenvalue weighted by Gasteiger charge is 2.28. The van der Waals surface area contributed by atoms with Gasteiger partial charge in [0.05, 0.1) is 12.6 Å². The largest absolute Gasteiger partial charge is 0.388 e. The summed E-state index contributed by atoms with van der Waals surface area (Å²) in [5, 5.41) is 11.4. The summed E-state index contributed by atoms with van der Waals surface area (Å²) in [6, 6.07) is 9.40. The minimum absolute atomic E-state index is 0.105. The number of aliphatic hydroxyl groups excluding tert-OH is 1. The first kappa shape index (κ1) is 19.9. The van der Waals surface area contributed by atoms with E-state index in [1.165, 1.54) is 0 Å². The van der Waals surface area contributed by atoms with Crippen LogP contribution in [0.1, 0.15) is 24.5 Å². The van der Waals surface area contributed by atoms with E-state index in [1.807, 2.05) is 42.3 Å². The van der Waals surface area contributed by atoms with Gasteiger partial charge in [-0.25, -0.2) is 9.97 Å². The second-order valence-corrected chi connectivity index (χ2v) is 8.23. The second-order valence-electron chi connectivity index (χ2n) is 7.79. The Morgan fingerprint density at radius 2 is 1.69 bits per heavy atom. The van der Waals surface area contributed by atoms with Gasteiger partial charge in [0, 0.05) is 44.3 Å². The number of aromatic nitrogens is 2. The van der Waals surface area contributed by atoms with Crippen LogP contribution in [-0.4, -0.2) is 65.7 Å². The van der Waals surface area contributed by atoms with E-state index in [0.29, 0.717) is 18.1 Å². The van der Waals surface area contributed by atoms with Crippen molar-refractivity contribution < 1.29 is 9.90 Å². The Hall–Kier alpha value is -2.38. The van der Waals surface area contributed by atoms with E-state index in [2.05, 4.69) is 14.9 Å². The highest BCUT2D eigenvalue weighted by molar-refractivity contribution is 6.30. The zero-order chi connectivity index (χ0) is 20.4. The summed E-state index contributed by atoms with van der Waals surface area (Å²) >= 11 is 5.95. The van der Waals surface area contributed by atoms with Crippen molar-refractivity contribution in [3.8, 4) is 0 Å². The summed E-state index contributed by atoms with van der Waals surface area (Å²) in [7, 11) is 1.83. The summed E-state index contributed by atoms with van der Waals surface area (Å²) in [4.78, 5) is 26.8. The fourth-order valence-electron chi connectivity index (χ4n) is 4.01. The van der Waals surface area contributed by atoms with Crippen LogP contribution in [0, 0.1) is 5.92 Å². The maximum absolute atomic E-state index is 12.0. The van der Waals surface area contributed by atoms with E-state index in [4.69, 9.17) is 11.6 Å². The van der Waals surface area contributed by atoms with Crippen LogP contribution in [0.15, 0.2) is 36.7 Å². The monoisotopic (exact) mass is 415 g/mol. The number of carbonyl (C=O) groups is 1. The fourth-order valence-corrected chi connectivity index (χ4v) is 4.14. The lowest BCUT2D eigenvalue weighted by molar-refractivity contribution is -0.129. The smallest absolute Gasteiger partial charge is 0.241 e. The van der Waals surface area contributed by atoms with E-state index in [-0.39, 0.29) is 11.8 Å². The van der Waals surface area contributed by atoms with Crippen molar-refractivity contribution in [3.05, 3.63) is 47.2 Å². The molecule has 1 unspecified atom stereocenters. The normalized spacial score (nSPS) is 19.6. The van der Waals surface area contributed by atoms with Gasteiger partial charge < -0.3 is 19.8 Å². The summed E-state index contributed by atoms with van der Waals surface area (Å²) < 4.78 is 0. The molecule has 0 saturated carbocycles. The van der Waals surface area contributed by atoms with Gasteiger partial charge in [-0.05, 0) is 36.5 Å². The molecule has 2 aliphatic rings. The van der Waals surface area contributed by atoms with Crippen LogP contribution >= 0.6 is 11.6 Å². The van der Waals surface area contributed by atoms with Gasteiger partial charge in [0.1, 0.15) is 18.0 Å². The quantitative estimate of drug-likeness (QED) is 0.826. The van der Waals surface area contributed by atoms with Gasteiger partial charge in [-0.3, -0.25) is 4.79 Å². The van der Waals surface area contributed by atoms with E-state index >= 15 is 0 Å². The third-order valence-electron chi connectivity index (χ3n) is 5.94. The number of piperidine rings is 1. The van der Waals surface area contributed by atoms with Gasteiger partial charge in [0.15, 0.2) is 0 Å². The number of piperazine rings is 1. The van der Waals surface area contributed by atoms with E-state index in [1.54, 1.807) is 11.2 Å². The number of hydrogen-bond acceptors (Lipinski definition) is 6. The Morgan fingerprint density at radius 3 is 2.34 bits per heavy atom. The Kier molecular flexibility index (Phi) is 5.87. The maximum atomic E-state index is 12.0. The summed E-state index contributed by atoms with van der Waals surface area (Å²) in [5.74, 6) is 1.98. The molecular weight excluding hydrogens is 390 g/mol. The first-order chi connectivity index (χ1) is 14.0. The number of hydrogen-bond donors (Lipinski definition) is 1. The molecule has 4 rings (SSSR count). The third kappa shape index (κ3) is 4.46. The molecule has 0 spiro atoms. The number of benzene rings is 1. The molecule has 0 aliphatic carbocycles. The van der Waals surface area contributed by atoms with Gasteiger partial charge in [0.25, 0.3) is 0 Å². The highest BCUT2D eigenvalue weighted by atomic mass is 35.5. The van der Waals surface area contributed by atoms with Crippen molar-refractivity contribution in [1.29, 1.82) is 0 Å². The first-order valence-corrected chi connectivity index (χ1v) is 10.4. The van der Waals surface area contributed by atoms with Crippen molar-refractivity contribution in [2.45, 2.75) is 18.9 Å². The van der Waals surface area contributed by atoms with Gasteiger partial charge in [-0.2, -0.15) is 0 Å². The number of carbonyl (C=O) groups excluding carboxylic acids is 1. The van der Waals surface area contributed by atoms with Crippen molar-refractivity contribution in [2.24, 2.45) is 5.92 Å². The Balaban J connectivity index is 1.38. The van der Waals surface area contributed by atoms with Gasteiger partial charge in [-0.15, -0.1) is 0 Å². The number of anilines is 2. The number of rotatable bonds is 4. The number of nitrogens with zero attached hydrogens (tertiary/aromatic N) is 5. The second kappa shape index (κ2) is 8.55. The van der Waals surface area contributed by atoms with Gasteiger partial charge in [-0.1, -0.05) is 23.7 Å². The molecular formula is C21H26ClN5O2. The number of likely N-dealkylation sites (N-methyl/N-ethyl adjacent to an activating group) is 1. The van der Waals surface area contributed by atoms with Crippen LogP contribution in [-0.2, 0) is 4.79 Å². The predicted molar refractivity (Wildman–Crippen MR) is 113 cm³/mol. The molecule has 0 radical (unpaired) electrons. The Labute approximate surface area is 175 Å². The fraction of sp³-hybridized carbons (Fsp3) is 0.476. The van der Waals surface area contributed by atoms with E-state index in [0.717, 1.165) is 49.7 Å². The molecule has 29 heavy (non-hydrogen) atoms. The molecule has 3 heterocycles. The molecule has 0 bridgehead atoms. The molecule has 1 amide bonds. The van der Waals surface area contributed by atoms with E-state index in [9.17, 15) is 9.90 Å². The van der Waals surface area contributed by atoms with Crippen LogP contribution in [0.3, 0.4) is 0 Å². The molecule has 2 fully saturated rings. The van der Waals surface area contributed by atoms with Crippen LogP contribution in [0.4, 0.5) is 11.6 Å². The highest BCUT2D eigenvalue weighted by Crippen LogP contribution is 2.33. The topological polar surface area (TPSA) is 72.8 Å². The van der Waals surface area contributed by atoms with Crippen molar-refractivity contribution in [3.63, 3.8) is 0 Å². The lowest BCUT2D eigenvalue weighted by atomic mass is 9.87. The first-order valence-electron chi connectivity index (χ1n) is 10.0. The minimum Gasteiger partial charge on any atom is -0.388 e. The van der Waals surface area contributed by atoms with E-state index < -0.39 is 6.10 Å². The Bertz CT molecular complexity index is 854. The minimum atomic E-state index is -0.480. The van der Waals surface area contributed by atoms with Gasteiger partial charge >= 0.3 is 0 Å². The average Bonchev–Trinajstić information content (AvgIpc) is 2.76. The number of amides is 1. The lowest BCUT2D eigenvalue weighted by Crippen LogP contribution is -2.48. The molecule has 1 atom stereocenters. The average molecular weight is 416 g/mol. The summed E-state index contributed by atoms with van der Waals surface area (Å²) in [6.45, 7) is 3.48. The van der Waals surface area contributed by atoms with Crippen molar-refractivity contribution >= 4 is 29.1 Å². The van der Waals surface area contributed by atoms with Crippen LogP contribution in [0.25, 0.3) is 0 Å². The molecule has 1 aromatic carbocycles. The van der Waals surface area contributed by atoms with Gasteiger partial charge in [0.2, 0.25) is 5.91 Å². The Morgan fingerprint density at radius 1 is 1.03 bits per heavy atom. The zero-order valence-electron chi connectivity index (χ0n) is 16.5. The molecule has 154 valence electrons. The molecule has 2 aliphatic heterocycles. The zero-order valence-corrected chi connectivity index (χ0v) is 17.3. The molecule has 1 N–H and O–H groups in total. The van der Waals surface area contributed by atoms with Crippen LogP contribution in [0.5, 0.6) is 0 Å². The molecule has 2 saturated heterocycles. The van der Waals surface area contributed by atoms with Crippen LogP contribution < -0.4 is 9.80 Å². The third-order valence-corrected chi connectivity index (χ3v) is 6.19. The molecule has 2 aromatic rings.